The van der Waals surface area contributed by atoms with Gasteiger partial charge in [-0.1, -0.05) is 17.7 Å². The summed E-state index contributed by atoms with van der Waals surface area (Å²) in [5.74, 6) is -0.0877. The standard InChI is InChI=1S/C15H22ClN3O/c1-12-3-4-13(14(16)11-12)15(20)18-5-2-8-19-9-6-17-7-10-19/h3-4,11,17H,2,5-10H2,1H3,(H,18,20). The first kappa shape index (κ1) is 15.3. The lowest BCUT2D eigenvalue weighted by Crippen LogP contribution is -2.44. The molecule has 5 heteroatoms. The summed E-state index contributed by atoms with van der Waals surface area (Å²) < 4.78 is 0. The number of amides is 1. The fraction of sp³-hybridized carbons (Fsp3) is 0.533. The van der Waals surface area contributed by atoms with Crippen LogP contribution < -0.4 is 10.6 Å². The lowest BCUT2D eigenvalue weighted by Gasteiger charge is -2.27. The van der Waals surface area contributed by atoms with Gasteiger partial charge in [0.1, 0.15) is 0 Å². The molecule has 4 nitrogen and oxygen atoms in total. The van der Waals surface area contributed by atoms with Crippen LogP contribution in [0.1, 0.15) is 22.3 Å². The van der Waals surface area contributed by atoms with Gasteiger partial charge in [0.2, 0.25) is 0 Å². The third kappa shape index (κ3) is 4.47. The van der Waals surface area contributed by atoms with Crippen LogP contribution in [0.25, 0.3) is 0 Å². The van der Waals surface area contributed by atoms with Crippen molar-refractivity contribution < 1.29 is 4.79 Å². The predicted molar refractivity (Wildman–Crippen MR) is 82.4 cm³/mol. The van der Waals surface area contributed by atoms with E-state index in [1.54, 1.807) is 6.07 Å². The van der Waals surface area contributed by atoms with Crippen molar-refractivity contribution in [3.8, 4) is 0 Å². The second-order valence-corrected chi connectivity index (χ2v) is 5.59. The normalized spacial score (nSPS) is 16.1. The van der Waals surface area contributed by atoms with E-state index in [1.165, 1.54) is 0 Å². The Hall–Kier alpha value is -1.10. The molecule has 0 unspecified atom stereocenters. The topological polar surface area (TPSA) is 44.4 Å². The molecule has 1 heterocycles. The highest BCUT2D eigenvalue weighted by Gasteiger charge is 2.11. The molecule has 1 saturated heterocycles. The third-order valence-corrected chi connectivity index (χ3v) is 3.83. The lowest BCUT2D eigenvalue weighted by molar-refractivity contribution is 0.0951. The molecular formula is C15H22ClN3O. The first-order valence-electron chi connectivity index (χ1n) is 7.14. The molecule has 1 aliphatic heterocycles. The van der Waals surface area contributed by atoms with Crippen molar-refractivity contribution in [1.82, 2.24) is 15.5 Å². The van der Waals surface area contributed by atoms with E-state index < -0.39 is 0 Å². The molecule has 1 aliphatic rings. The van der Waals surface area contributed by atoms with Gasteiger partial charge in [-0.2, -0.15) is 0 Å². The number of nitrogens with one attached hydrogen (secondary N) is 2. The van der Waals surface area contributed by atoms with Gasteiger partial charge in [0, 0.05) is 32.7 Å². The third-order valence-electron chi connectivity index (χ3n) is 3.52. The average molecular weight is 296 g/mol. The van der Waals surface area contributed by atoms with Gasteiger partial charge < -0.3 is 15.5 Å². The van der Waals surface area contributed by atoms with Crippen LogP contribution in [0.5, 0.6) is 0 Å². The minimum absolute atomic E-state index is 0.0877. The summed E-state index contributed by atoms with van der Waals surface area (Å²) in [7, 11) is 0. The minimum atomic E-state index is -0.0877. The van der Waals surface area contributed by atoms with E-state index in [9.17, 15) is 4.79 Å². The molecule has 20 heavy (non-hydrogen) atoms. The summed E-state index contributed by atoms with van der Waals surface area (Å²) in [6.07, 6.45) is 0.967. The predicted octanol–water partition coefficient (Wildman–Crippen LogP) is 1.67. The molecule has 0 spiro atoms. The summed E-state index contributed by atoms with van der Waals surface area (Å²) in [5, 5.41) is 6.78. The van der Waals surface area contributed by atoms with Gasteiger partial charge in [0.25, 0.3) is 5.91 Å². The molecule has 0 aliphatic carbocycles. The Morgan fingerprint density at radius 3 is 2.85 bits per heavy atom. The van der Waals surface area contributed by atoms with E-state index in [0.717, 1.165) is 44.7 Å². The van der Waals surface area contributed by atoms with Crippen molar-refractivity contribution in [2.45, 2.75) is 13.3 Å². The highest BCUT2D eigenvalue weighted by molar-refractivity contribution is 6.33. The molecule has 1 aromatic rings. The summed E-state index contributed by atoms with van der Waals surface area (Å²) >= 11 is 6.08. The number of aryl methyl sites for hydroxylation is 1. The molecule has 0 bridgehead atoms. The minimum Gasteiger partial charge on any atom is -0.352 e. The van der Waals surface area contributed by atoms with Crippen LogP contribution in [-0.4, -0.2) is 50.1 Å². The number of hydrogen-bond acceptors (Lipinski definition) is 3. The van der Waals surface area contributed by atoms with Gasteiger partial charge in [0.05, 0.1) is 10.6 Å². The quantitative estimate of drug-likeness (QED) is 0.812. The van der Waals surface area contributed by atoms with Gasteiger partial charge >= 0.3 is 0 Å². The molecule has 1 aromatic carbocycles. The number of halogens is 1. The zero-order chi connectivity index (χ0) is 14.4. The van der Waals surface area contributed by atoms with Gasteiger partial charge in [-0.3, -0.25) is 4.79 Å². The van der Waals surface area contributed by atoms with Crippen LogP contribution in [0.4, 0.5) is 0 Å². The summed E-state index contributed by atoms with van der Waals surface area (Å²) in [4.78, 5) is 14.4. The first-order valence-corrected chi connectivity index (χ1v) is 7.52. The zero-order valence-electron chi connectivity index (χ0n) is 11.9. The second-order valence-electron chi connectivity index (χ2n) is 5.18. The zero-order valence-corrected chi connectivity index (χ0v) is 12.7. The number of benzene rings is 1. The van der Waals surface area contributed by atoms with Crippen LogP contribution in [-0.2, 0) is 0 Å². The number of rotatable bonds is 5. The van der Waals surface area contributed by atoms with E-state index in [-0.39, 0.29) is 5.91 Å². The van der Waals surface area contributed by atoms with Gasteiger partial charge in [-0.05, 0) is 37.6 Å². The van der Waals surface area contributed by atoms with Crippen LogP contribution in [0.2, 0.25) is 5.02 Å². The molecule has 2 rings (SSSR count). The van der Waals surface area contributed by atoms with Gasteiger partial charge in [-0.15, -0.1) is 0 Å². The first-order chi connectivity index (χ1) is 9.66. The van der Waals surface area contributed by atoms with Gasteiger partial charge in [0.15, 0.2) is 0 Å². The maximum absolute atomic E-state index is 12.0. The van der Waals surface area contributed by atoms with Gasteiger partial charge in [-0.25, -0.2) is 0 Å². The molecule has 1 amide bonds. The van der Waals surface area contributed by atoms with E-state index in [2.05, 4.69) is 15.5 Å². The van der Waals surface area contributed by atoms with Crippen molar-refractivity contribution in [2.24, 2.45) is 0 Å². The van der Waals surface area contributed by atoms with E-state index in [1.807, 2.05) is 19.1 Å². The molecule has 110 valence electrons. The van der Waals surface area contributed by atoms with E-state index >= 15 is 0 Å². The van der Waals surface area contributed by atoms with Crippen LogP contribution in [0.15, 0.2) is 18.2 Å². The van der Waals surface area contributed by atoms with E-state index in [4.69, 9.17) is 11.6 Å². The Bertz CT molecular complexity index is 458. The van der Waals surface area contributed by atoms with Crippen molar-refractivity contribution in [3.63, 3.8) is 0 Å². The maximum atomic E-state index is 12.0. The highest BCUT2D eigenvalue weighted by atomic mass is 35.5. The summed E-state index contributed by atoms with van der Waals surface area (Å²) in [6, 6.07) is 5.50. The van der Waals surface area contributed by atoms with Crippen LogP contribution in [0.3, 0.4) is 0 Å². The molecule has 0 aromatic heterocycles. The monoisotopic (exact) mass is 295 g/mol. The lowest BCUT2D eigenvalue weighted by atomic mass is 10.1. The second kappa shape index (κ2) is 7.62. The summed E-state index contributed by atoms with van der Waals surface area (Å²) in [6.45, 7) is 7.99. The molecular weight excluding hydrogens is 274 g/mol. The number of carbonyl (C=O) groups is 1. The maximum Gasteiger partial charge on any atom is 0.252 e. The Balaban J connectivity index is 1.72. The average Bonchev–Trinajstić information content (AvgIpc) is 2.44. The van der Waals surface area contributed by atoms with Crippen LogP contribution in [0, 0.1) is 6.92 Å². The van der Waals surface area contributed by atoms with E-state index in [0.29, 0.717) is 17.1 Å². The van der Waals surface area contributed by atoms with Crippen molar-refractivity contribution in [1.29, 1.82) is 0 Å². The SMILES string of the molecule is Cc1ccc(C(=O)NCCCN2CCNCC2)c(Cl)c1. The largest absolute Gasteiger partial charge is 0.352 e. The summed E-state index contributed by atoms with van der Waals surface area (Å²) in [5.41, 5.74) is 1.62. The fourth-order valence-corrected chi connectivity index (χ4v) is 2.66. The number of carbonyl (C=O) groups excluding carboxylic acids is 1. The van der Waals surface area contributed by atoms with Crippen molar-refractivity contribution in [2.75, 3.05) is 39.3 Å². The number of piperazine rings is 1. The van der Waals surface area contributed by atoms with Crippen molar-refractivity contribution in [3.05, 3.63) is 34.3 Å². The Morgan fingerprint density at radius 1 is 1.40 bits per heavy atom. The van der Waals surface area contributed by atoms with Crippen LogP contribution >= 0.6 is 11.6 Å². The Kier molecular flexibility index (Phi) is 5.83. The molecule has 2 N–H and O–H groups in total. The van der Waals surface area contributed by atoms with Crippen molar-refractivity contribution >= 4 is 17.5 Å². The Labute approximate surface area is 125 Å². The molecule has 1 fully saturated rings. The number of hydrogen-bond donors (Lipinski definition) is 2. The smallest absolute Gasteiger partial charge is 0.252 e. The number of nitrogens with zero attached hydrogens (tertiary/aromatic N) is 1. The molecule has 0 saturated carbocycles. The highest BCUT2D eigenvalue weighted by Crippen LogP contribution is 2.17. The fourth-order valence-electron chi connectivity index (χ4n) is 2.34. The molecule has 0 radical (unpaired) electrons. The molecule has 0 atom stereocenters. The Morgan fingerprint density at radius 2 is 2.15 bits per heavy atom.